The number of nitrogens with zero attached hydrogens (tertiary/aromatic N) is 2. The minimum absolute atomic E-state index is 0.157. The van der Waals surface area contributed by atoms with Gasteiger partial charge in [-0.25, -0.2) is 13.4 Å². The molecule has 0 aliphatic rings. The van der Waals surface area contributed by atoms with Gasteiger partial charge in [-0.3, -0.25) is 0 Å². The minimum atomic E-state index is -3.48. The van der Waals surface area contributed by atoms with Gasteiger partial charge in [-0.05, 0) is 12.0 Å². The molecule has 1 heterocycles. The Kier molecular flexibility index (Phi) is 4.57. The van der Waals surface area contributed by atoms with E-state index in [-0.39, 0.29) is 5.03 Å². The first-order chi connectivity index (χ1) is 9.54. The molecule has 1 aromatic carbocycles. The highest BCUT2D eigenvalue weighted by molar-refractivity contribution is 7.89. The molecule has 2 aromatic rings. The van der Waals surface area contributed by atoms with Crippen LogP contribution in [0.1, 0.15) is 18.3 Å². The number of aromatic nitrogens is 2. The highest BCUT2D eigenvalue weighted by Crippen LogP contribution is 2.13. The first kappa shape index (κ1) is 14.7. The van der Waals surface area contributed by atoms with Gasteiger partial charge in [-0.15, -0.1) is 0 Å². The second kappa shape index (κ2) is 6.19. The number of hydrogen-bond donors (Lipinski definition) is 1. The van der Waals surface area contributed by atoms with Crippen LogP contribution in [0.4, 0.5) is 0 Å². The van der Waals surface area contributed by atoms with Gasteiger partial charge in [0.25, 0.3) is 10.0 Å². The maximum atomic E-state index is 12.3. The molecule has 0 saturated carbocycles. The molecule has 1 aromatic heterocycles. The van der Waals surface area contributed by atoms with E-state index < -0.39 is 10.0 Å². The molecule has 0 atom stereocenters. The van der Waals surface area contributed by atoms with E-state index in [9.17, 15) is 8.42 Å². The van der Waals surface area contributed by atoms with Crippen molar-refractivity contribution < 1.29 is 8.42 Å². The Balaban J connectivity index is 2.05. The van der Waals surface area contributed by atoms with E-state index in [0.29, 0.717) is 25.2 Å². The summed E-state index contributed by atoms with van der Waals surface area (Å²) in [6.45, 7) is 2.36. The zero-order chi connectivity index (χ0) is 14.6. The zero-order valence-electron chi connectivity index (χ0n) is 11.7. The predicted octanol–water partition coefficient (Wildman–Crippen LogP) is 1.84. The zero-order valence-corrected chi connectivity index (χ0v) is 12.5. The van der Waals surface area contributed by atoms with E-state index in [0.717, 1.165) is 5.56 Å². The molecule has 6 heteroatoms. The highest BCUT2D eigenvalue weighted by Gasteiger charge is 2.22. The third kappa shape index (κ3) is 3.26. The average Bonchev–Trinajstić information content (AvgIpc) is 2.95. The van der Waals surface area contributed by atoms with Crippen molar-refractivity contribution in [2.45, 2.75) is 24.8 Å². The number of nitrogens with one attached hydrogen (secondary N) is 1. The average molecular weight is 293 g/mol. The highest BCUT2D eigenvalue weighted by atomic mass is 32.2. The van der Waals surface area contributed by atoms with E-state index in [1.807, 2.05) is 37.3 Å². The molecule has 0 bridgehead atoms. The third-order valence-electron chi connectivity index (χ3n) is 3.19. The number of sulfonamides is 1. The molecule has 0 amide bonds. The van der Waals surface area contributed by atoms with Crippen molar-refractivity contribution in [2.75, 3.05) is 13.6 Å². The molecular weight excluding hydrogens is 274 g/mol. The molecular formula is C14H19N3O2S. The summed E-state index contributed by atoms with van der Waals surface area (Å²) in [6, 6.07) is 9.83. The van der Waals surface area contributed by atoms with Gasteiger partial charge in [0, 0.05) is 20.0 Å². The van der Waals surface area contributed by atoms with E-state index in [1.54, 1.807) is 7.05 Å². The summed E-state index contributed by atoms with van der Waals surface area (Å²) >= 11 is 0. The van der Waals surface area contributed by atoms with E-state index in [2.05, 4.69) is 9.97 Å². The van der Waals surface area contributed by atoms with Crippen LogP contribution >= 0.6 is 0 Å². The standard InChI is InChI=1S/C14H19N3O2S/c1-3-13-15-11-14(16-13)20(18,19)17(2)10-9-12-7-5-4-6-8-12/h4-8,11H,3,9-10H2,1-2H3,(H,15,16). The molecule has 0 aliphatic carbocycles. The lowest BCUT2D eigenvalue weighted by Gasteiger charge is -2.15. The van der Waals surface area contributed by atoms with Crippen LogP contribution in [0.15, 0.2) is 41.6 Å². The largest absolute Gasteiger partial charge is 0.332 e. The molecule has 2 rings (SSSR count). The second-order valence-electron chi connectivity index (χ2n) is 4.61. The quantitative estimate of drug-likeness (QED) is 0.883. The maximum absolute atomic E-state index is 12.3. The molecule has 0 saturated heterocycles. The van der Waals surface area contributed by atoms with Gasteiger partial charge in [-0.1, -0.05) is 37.3 Å². The summed E-state index contributed by atoms with van der Waals surface area (Å²) in [5, 5.41) is 0.157. The molecule has 0 fully saturated rings. The topological polar surface area (TPSA) is 66.1 Å². The Bertz CT molecular complexity index is 650. The molecule has 20 heavy (non-hydrogen) atoms. The number of benzene rings is 1. The SMILES string of the molecule is CCc1ncc(S(=O)(=O)N(C)CCc2ccccc2)[nH]1. The van der Waals surface area contributed by atoms with Crippen LogP contribution in [0, 0.1) is 0 Å². The third-order valence-corrected chi connectivity index (χ3v) is 4.95. The summed E-state index contributed by atoms with van der Waals surface area (Å²) in [7, 11) is -1.90. The fourth-order valence-electron chi connectivity index (χ4n) is 1.87. The Labute approximate surface area is 119 Å². The summed E-state index contributed by atoms with van der Waals surface area (Å²) in [6.07, 6.45) is 2.75. The van der Waals surface area contributed by atoms with Crippen LogP contribution in [0.25, 0.3) is 0 Å². The van der Waals surface area contributed by atoms with E-state index >= 15 is 0 Å². The summed E-state index contributed by atoms with van der Waals surface area (Å²) < 4.78 is 26.0. The van der Waals surface area contributed by atoms with Gasteiger partial charge in [0.2, 0.25) is 0 Å². The van der Waals surface area contributed by atoms with Crippen molar-refractivity contribution in [2.24, 2.45) is 0 Å². The summed E-state index contributed by atoms with van der Waals surface area (Å²) in [5.74, 6) is 0.681. The number of likely N-dealkylation sites (N-methyl/N-ethyl adjacent to an activating group) is 1. The van der Waals surface area contributed by atoms with Gasteiger partial charge in [-0.2, -0.15) is 4.31 Å². The van der Waals surface area contributed by atoms with Gasteiger partial charge >= 0.3 is 0 Å². The van der Waals surface area contributed by atoms with Crippen molar-refractivity contribution in [3.63, 3.8) is 0 Å². The molecule has 0 spiro atoms. The molecule has 1 N–H and O–H groups in total. The van der Waals surface area contributed by atoms with Gasteiger partial charge < -0.3 is 4.98 Å². The van der Waals surface area contributed by atoms with Gasteiger partial charge in [0.05, 0.1) is 6.20 Å². The smallest absolute Gasteiger partial charge is 0.259 e. The van der Waals surface area contributed by atoms with Crippen LogP contribution in [0.5, 0.6) is 0 Å². The van der Waals surface area contributed by atoms with Crippen LogP contribution in [-0.2, 0) is 22.9 Å². The van der Waals surface area contributed by atoms with Crippen LogP contribution in [0.2, 0.25) is 0 Å². The van der Waals surface area contributed by atoms with Crippen LogP contribution in [-0.4, -0.2) is 36.3 Å². The van der Waals surface area contributed by atoms with Gasteiger partial charge in [0.1, 0.15) is 5.82 Å². The Hall–Kier alpha value is -1.66. The fraction of sp³-hybridized carbons (Fsp3) is 0.357. The van der Waals surface area contributed by atoms with Crippen molar-refractivity contribution >= 4 is 10.0 Å². The van der Waals surface area contributed by atoms with Crippen LogP contribution < -0.4 is 0 Å². The maximum Gasteiger partial charge on any atom is 0.259 e. The number of H-pyrrole nitrogens is 1. The number of aryl methyl sites for hydroxylation is 1. The molecule has 0 aliphatic heterocycles. The number of hydrogen-bond acceptors (Lipinski definition) is 3. The Morgan fingerprint density at radius 3 is 2.55 bits per heavy atom. The molecule has 0 radical (unpaired) electrons. The lowest BCUT2D eigenvalue weighted by Crippen LogP contribution is -2.29. The van der Waals surface area contributed by atoms with Crippen molar-refractivity contribution in [3.05, 3.63) is 47.9 Å². The lowest BCUT2D eigenvalue weighted by atomic mass is 10.2. The van der Waals surface area contributed by atoms with Crippen molar-refractivity contribution in [1.82, 2.24) is 14.3 Å². The van der Waals surface area contributed by atoms with E-state index in [4.69, 9.17) is 0 Å². The van der Waals surface area contributed by atoms with Crippen molar-refractivity contribution in [3.8, 4) is 0 Å². The number of rotatable bonds is 6. The molecule has 5 nitrogen and oxygen atoms in total. The number of imidazole rings is 1. The fourth-order valence-corrected chi connectivity index (χ4v) is 2.97. The normalized spacial score (nSPS) is 11.9. The van der Waals surface area contributed by atoms with Gasteiger partial charge in [0.15, 0.2) is 5.03 Å². The lowest BCUT2D eigenvalue weighted by molar-refractivity contribution is 0.470. The predicted molar refractivity (Wildman–Crippen MR) is 77.9 cm³/mol. The molecule has 108 valence electrons. The van der Waals surface area contributed by atoms with Crippen molar-refractivity contribution in [1.29, 1.82) is 0 Å². The van der Waals surface area contributed by atoms with Crippen LogP contribution in [0.3, 0.4) is 0 Å². The Morgan fingerprint density at radius 1 is 1.25 bits per heavy atom. The van der Waals surface area contributed by atoms with E-state index in [1.165, 1.54) is 10.5 Å². The second-order valence-corrected chi connectivity index (χ2v) is 6.62. The monoisotopic (exact) mass is 293 g/mol. The summed E-state index contributed by atoms with van der Waals surface area (Å²) in [4.78, 5) is 6.88. The first-order valence-electron chi connectivity index (χ1n) is 6.58. The summed E-state index contributed by atoms with van der Waals surface area (Å²) in [5.41, 5.74) is 1.12. The first-order valence-corrected chi connectivity index (χ1v) is 8.02. The minimum Gasteiger partial charge on any atom is -0.332 e. The molecule has 0 unspecified atom stereocenters. The number of aromatic amines is 1. The Morgan fingerprint density at radius 2 is 1.95 bits per heavy atom.